The number of carbonyl (C=O) groups excluding carboxylic acids is 1. The Hall–Kier alpha value is -1.26. The largest absolute Gasteiger partial charge is 0.508 e. The van der Waals surface area contributed by atoms with Crippen LogP contribution in [-0.4, -0.2) is 11.4 Å². The highest BCUT2D eigenvalue weighted by molar-refractivity contribution is 7.99. The molecule has 0 radical (unpaired) electrons. The number of phenolic OH excluding ortho intramolecular Hbond substituents is 1. The van der Waals surface area contributed by atoms with E-state index >= 15 is 0 Å². The van der Waals surface area contributed by atoms with Crippen LogP contribution in [0.25, 0.3) is 0 Å². The van der Waals surface area contributed by atoms with Gasteiger partial charge in [-0.1, -0.05) is 11.8 Å². The molecular formula is C11H8O2S2. The van der Waals surface area contributed by atoms with E-state index in [4.69, 9.17) is 5.11 Å². The molecule has 0 aliphatic heterocycles. The summed E-state index contributed by atoms with van der Waals surface area (Å²) in [7, 11) is 0. The van der Waals surface area contributed by atoms with Crippen molar-refractivity contribution in [1.29, 1.82) is 0 Å². The standard InChI is InChI=1S/C11H8O2S2/c12-7-11-10(5-6-14-11)15-9-3-1-8(13)2-4-9/h1-7,13H. The van der Waals surface area contributed by atoms with Crippen LogP contribution in [0.3, 0.4) is 0 Å². The molecule has 1 aromatic carbocycles. The first-order valence-corrected chi connectivity index (χ1v) is 5.99. The Kier molecular flexibility index (Phi) is 3.08. The molecule has 0 saturated carbocycles. The van der Waals surface area contributed by atoms with Crippen LogP contribution in [0.2, 0.25) is 0 Å². The SMILES string of the molecule is O=Cc1sccc1Sc1ccc(O)cc1. The van der Waals surface area contributed by atoms with Crippen LogP contribution in [0.4, 0.5) is 0 Å². The Morgan fingerprint density at radius 3 is 2.60 bits per heavy atom. The number of aromatic hydroxyl groups is 1. The third-order valence-corrected chi connectivity index (χ3v) is 3.88. The van der Waals surface area contributed by atoms with Crippen LogP contribution in [0, 0.1) is 0 Å². The Bertz CT molecular complexity index is 460. The third-order valence-electron chi connectivity index (χ3n) is 1.83. The minimum atomic E-state index is 0.250. The molecule has 2 aromatic rings. The van der Waals surface area contributed by atoms with Gasteiger partial charge < -0.3 is 5.11 Å². The van der Waals surface area contributed by atoms with Crippen molar-refractivity contribution in [2.75, 3.05) is 0 Å². The highest BCUT2D eigenvalue weighted by Crippen LogP contribution is 2.33. The van der Waals surface area contributed by atoms with Crippen LogP contribution in [-0.2, 0) is 0 Å². The van der Waals surface area contributed by atoms with Crippen LogP contribution in [0.5, 0.6) is 5.75 Å². The molecular weight excluding hydrogens is 228 g/mol. The molecule has 4 heteroatoms. The van der Waals surface area contributed by atoms with E-state index in [0.717, 1.165) is 21.0 Å². The van der Waals surface area contributed by atoms with Crippen LogP contribution in [0.15, 0.2) is 45.5 Å². The van der Waals surface area contributed by atoms with Crippen molar-refractivity contribution in [2.24, 2.45) is 0 Å². The van der Waals surface area contributed by atoms with E-state index in [0.29, 0.717) is 0 Å². The lowest BCUT2D eigenvalue weighted by molar-refractivity contribution is 0.112. The first-order valence-electron chi connectivity index (χ1n) is 4.29. The molecule has 76 valence electrons. The number of phenols is 1. The maximum Gasteiger partial charge on any atom is 0.161 e. The van der Waals surface area contributed by atoms with Gasteiger partial charge in [0.1, 0.15) is 5.75 Å². The van der Waals surface area contributed by atoms with E-state index < -0.39 is 0 Å². The van der Waals surface area contributed by atoms with Crippen LogP contribution in [0.1, 0.15) is 9.67 Å². The topological polar surface area (TPSA) is 37.3 Å². The number of aldehydes is 1. The summed E-state index contributed by atoms with van der Waals surface area (Å²) >= 11 is 2.96. The number of thiophene rings is 1. The fourth-order valence-corrected chi connectivity index (χ4v) is 2.88. The van der Waals surface area contributed by atoms with E-state index in [1.54, 1.807) is 12.1 Å². The van der Waals surface area contributed by atoms with E-state index in [-0.39, 0.29) is 5.75 Å². The minimum Gasteiger partial charge on any atom is -0.508 e. The van der Waals surface area contributed by atoms with Gasteiger partial charge in [0.15, 0.2) is 6.29 Å². The summed E-state index contributed by atoms with van der Waals surface area (Å²) in [5.74, 6) is 0.250. The second-order valence-electron chi connectivity index (χ2n) is 2.86. The molecule has 1 heterocycles. The molecule has 0 fully saturated rings. The van der Waals surface area contributed by atoms with Crippen LogP contribution < -0.4 is 0 Å². The van der Waals surface area contributed by atoms with Gasteiger partial charge in [-0.05, 0) is 35.7 Å². The van der Waals surface area contributed by atoms with E-state index in [9.17, 15) is 4.79 Å². The summed E-state index contributed by atoms with van der Waals surface area (Å²) in [5, 5.41) is 11.0. The van der Waals surface area contributed by atoms with Gasteiger partial charge in [-0.25, -0.2) is 0 Å². The van der Waals surface area contributed by atoms with E-state index in [1.807, 2.05) is 23.6 Å². The lowest BCUT2D eigenvalue weighted by atomic mass is 10.3. The zero-order valence-electron chi connectivity index (χ0n) is 7.71. The normalized spacial score (nSPS) is 10.1. The minimum absolute atomic E-state index is 0.250. The van der Waals surface area contributed by atoms with Gasteiger partial charge >= 0.3 is 0 Å². The molecule has 0 bridgehead atoms. The fraction of sp³-hybridized carbons (Fsp3) is 0. The monoisotopic (exact) mass is 236 g/mol. The molecule has 0 amide bonds. The van der Waals surface area contributed by atoms with Gasteiger partial charge in [0, 0.05) is 9.79 Å². The second kappa shape index (κ2) is 4.51. The first kappa shape index (κ1) is 10.3. The van der Waals surface area contributed by atoms with E-state index in [1.165, 1.54) is 23.1 Å². The Morgan fingerprint density at radius 2 is 1.93 bits per heavy atom. The van der Waals surface area contributed by atoms with Gasteiger partial charge in [-0.2, -0.15) is 0 Å². The highest BCUT2D eigenvalue weighted by Gasteiger charge is 2.04. The van der Waals surface area contributed by atoms with E-state index in [2.05, 4.69) is 0 Å². The first-order chi connectivity index (χ1) is 7.29. The van der Waals surface area contributed by atoms with Gasteiger partial charge in [0.05, 0.1) is 4.88 Å². The quantitative estimate of drug-likeness (QED) is 0.830. The summed E-state index contributed by atoms with van der Waals surface area (Å²) in [6, 6.07) is 8.84. The fourth-order valence-electron chi connectivity index (χ4n) is 1.12. The molecule has 0 unspecified atom stereocenters. The zero-order chi connectivity index (χ0) is 10.7. The van der Waals surface area contributed by atoms with Crippen molar-refractivity contribution in [3.63, 3.8) is 0 Å². The summed E-state index contributed by atoms with van der Waals surface area (Å²) < 4.78 is 0. The highest BCUT2D eigenvalue weighted by atomic mass is 32.2. The molecule has 1 aromatic heterocycles. The average molecular weight is 236 g/mol. The lowest BCUT2D eigenvalue weighted by Gasteiger charge is -1.99. The van der Waals surface area contributed by atoms with Gasteiger partial charge in [-0.3, -0.25) is 4.79 Å². The summed E-state index contributed by atoms with van der Waals surface area (Å²) in [6.07, 6.45) is 0.868. The van der Waals surface area contributed by atoms with Crippen molar-refractivity contribution in [1.82, 2.24) is 0 Å². The molecule has 15 heavy (non-hydrogen) atoms. The molecule has 0 aliphatic carbocycles. The average Bonchev–Trinajstić information content (AvgIpc) is 2.69. The van der Waals surface area contributed by atoms with Crippen molar-refractivity contribution in [3.8, 4) is 5.75 Å². The number of hydrogen-bond acceptors (Lipinski definition) is 4. The molecule has 0 saturated heterocycles. The van der Waals surface area contributed by atoms with Gasteiger partial charge in [0.25, 0.3) is 0 Å². The summed E-state index contributed by atoms with van der Waals surface area (Å²) in [6.45, 7) is 0. The summed E-state index contributed by atoms with van der Waals surface area (Å²) in [5.41, 5.74) is 0. The number of carbonyl (C=O) groups is 1. The molecule has 0 spiro atoms. The zero-order valence-corrected chi connectivity index (χ0v) is 9.35. The summed E-state index contributed by atoms with van der Waals surface area (Å²) in [4.78, 5) is 13.4. The van der Waals surface area contributed by atoms with Crippen molar-refractivity contribution in [2.45, 2.75) is 9.79 Å². The lowest BCUT2D eigenvalue weighted by Crippen LogP contribution is -1.76. The number of hydrogen-bond donors (Lipinski definition) is 1. The van der Waals surface area contributed by atoms with Crippen molar-refractivity contribution >= 4 is 29.4 Å². The Balaban J connectivity index is 2.21. The molecule has 0 atom stereocenters. The Morgan fingerprint density at radius 1 is 1.20 bits per heavy atom. The van der Waals surface area contributed by atoms with Gasteiger partial charge in [0.2, 0.25) is 0 Å². The van der Waals surface area contributed by atoms with Crippen molar-refractivity contribution < 1.29 is 9.90 Å². The Labute approximate surface area is 95.6 Å². The number of benzene rings is 1. The molecule has 2 rings (SSSR count). The van der Waals surface area contributed by atoms with Crippen molar-refractivity contribution in [3.05, 3.63) is 40.6 Å². The predicted molar refractivity (Wildman–Crippen MR) is 61.9 cm³/mol. The predicted octanol–water partition coefficient (Wildman–Crippen LogP) is 3.42. The van der Waals surface area contributed by atoms with Gasteiger partial charge in [-0.15, -0.1) is 11.3 Å². The second-order valence-corrected chi connectivity index (χ2v) is 4.93. The smallest absolute Gasteiger partial charge is 0.161 e. The number of rotatable bonds is 3. The molecule has 2 nitrogen and oxygen atoms in total. The maximum atomic E-state index is 10.7. The molecule has 1 N–H and O–H groups in total. The third kappa shape index (κ3) is 2.40. The molecule has 0 aliphatic rings. The maximum absolute atomic E-state index is 10.7. The van der Waals surface area contributed by atoms with Crippen LogP contribution >= 0.6 is 23.1 Å².